The van der Waals surface area contributed by atoms with Gasteiger partial charge in [0.2, 0.25) is 5.91 Å². The summed E-state index contributed by atoms with van der Waals surface area (Å²) in [5, 5.41) is 26.2. The maximum absolute atomic E-state index is 11.8. The quantitative estimate of drug-likeness (QED) is 0.548. The Morgan fingerprint density at radius 3 is 2.55 bits per heavy atom. The number of hydrogen-bond donors (Lipinski definition) is 2. The van der Waals surface area contributed by atoms with Crippen LogP contribution >= 0.6 is 0 Å². The molecule has 1 amide bonds. The summed E-state index contributed by atoms with van der Waals surface area (Å²) < 4.78 is 1.44. The van der Waals surface area contributed by atoms with Crippen molar-refractivity contribution in [2.75, 3.05) is 0 Å². The van der Waals surface area contributed by atoms with Crippen LogP contribution in [0.4, 0.5) is 5.69 Å². The molecule has 2 N–H and O–H groups in total. The van der Waals surface area contributed by atoms with E-state index in [0.29, 0.717) is 17.8 Å². The van der Waals surface area contributed by atoms with Crippen molar-refractivity contribution in [2.24, 2.45) is 0 Å². The molecule has 1 atom stereocenters. The highest BCUT2D eigenvalue weighted by Crippen LogP contribution is 2.21. The maximum atomic E-state index is 11.8. The molecule has 0 spiro atoms. The van der Waals surface area contributed by atoms with Gasteiger partial charge in [-0.3, -0.25) is 24.4 Å². The molecule has 22 heavy (non-hydrogen) atoms. The molecule has 1 heterocycles. The van der Waals surface area contributed by atoms with Crippen molar-refractivity contribution in [1.82, 2.24) is 15.1 Å². The Morgan fingerprint density at radius 1 is 1.41 bits per heavy atom. The maximum Gasteiger partial charge on any atom is 0.312 e. The van der Waals surface area contributed by atoms with E-state index in [1.807, 2.05) is 0 Å². The molecule has 0 aliphatic carbocycles. The molecule has 0 aliphatic heterocycles. The van der Waals surface area contributed by atoms with Crippen LogP contribution in [0, 0.1) is 24.0 Å². The fraction of sp³-hybridized carbons (Fsp3) is 0.615. The van der Waals surface area contributed by atoms with Gasteiger partial charge in [-0.05, 0) is 27.2 Å². The average molecular weight is 312 g/mol. The Hall–Kier alpha value is -2.45. The van der Waals surface area contributed by atoms with Crippen molar-refractivity contribution < 1.29 is 19.6 Å². The number of nitrogens with one attached hydrogen (secondary N) is 1. The van der Waals surface area contributed by atoms with E-state index < -0.39 is 10.9 Å². The van der Waals surface area contributed by atoms with Gasteiger partial charge in [0.25, 0.3) is 0 Å². The molecule has 0 aromatic carbocycles. The van der Waals surface area contributed by atoms with E-state index in [0.717, 1.165) is 0 Å². The largest absolute Gasteiger partial charge is 0.481 e. The molecule has 1 aromatic heterocycles. The molecule has 1 rings (SSSR count). The zero-order valence-corrected chi connectivity index (χ0v) is 12.8. The second-order valence-corrected chi connectivity index (χ2v) is 5.15. The van der Waals surface area contributed by atoms with E-state index in [-0.39, 0.29) is 37.0 Å². The fourth-order valence-corrected chi connectivity index (χ4v) is 2.14. The van der Waals surface area contributed by atoms with E-state index in [1.165, 1.54) is 4.68 Å². The molecule has 0 radical (unpaired) electrons. The lowest BCUT2D eigenvalue weighted by atomic mass is 10.2. The summed E-state index contributed by atoms with van der Waals surface area (Å²) in [6.45, 7) is 5.11. The second-order valence-electron chi connectivity index (χ2n) is 5.15. The van der Waals surface area contributed by atoms with Gasteiger partial charge >= 0.3 is 11.7 Å². The zero-order chi connectivity index (χ0) is 16.9. The Morgan fingerprint density at radius 2 is 2.05 bits per heavy atom. The summed E-state index contributed by atoms with van der Waals surface area (Å²) >= 11 is 0. The zero-order valence-electron chi connectivity index (χ0n) is 12.8. The lowest BCUT2D eigenvalue weighted by Gasteiger charge is -2.12. The van der Waals surface area contributed by atoms with Crippen LogP contribution in [0.25, 0.3) is 0 Å². The van der Waals surface area contributed by atoms with Crippen molar-refractivity contribution >= 4 is 17.6 Å². The molecule has 0 bridgehead atoms. The van der Waals surface area contributed by atoms with E-state index in [9.17, 15) is 19.7 Å². The van der Waals surface area contributed by atoms with E-state index in [4.69, 9.17) is 5.11 Å². The fourth-order valence-electron chi connectivity index (χ4n) is 2.14. The molecule has 0 fully saturated rings. The number of nitrogens with zero attached hydrogens (tertiary/aromatic N) is 3. The summed E-state index contributed by atoms with van der Waals surface area (Å²) in [4.78, 5) is 32.6. The highest BCUT2D eigenvalue weighted by Gasteiger charge is 2.21. The minimum atomic E-state index is -0.906. The Labute approximate surface area is 127 Å². The van der Waals surface area contributed by atoms with Crippen molar-refractivity contribution in [1.29, 1.82) is 0 Å². The number of carbonyl (C=O) groups excluding carboxylic acids is 1. The van der Waals surface area contributed by atoms with Crippen LogP contribution in [0.1, 0.15) is 37.6 Å². The van der Waals surface area contributed by atoms with Crippen LogP contribution in [0.15, 0.2) is 0 Å². The van der Waals surface area contributed by atoms with Gasteiger partial charge in [-0.1, -0.05) is 0 Å². The van der Waals surface area contributed by atoms with E-state index in [2.05, 4.69) is 10.4 Å². The van der Waals surface area contributed by atoms with Gasteiger partial charge in [0.15, 0.2) is 0 Å². The van der Waals surface area contributed by atoms with Gasteiger partial charge in [0, 0.05) is 18.9 Å². The van der Waals surface area contributed by atoms with Crippen LogP contribution in [-0.4, -0.2) is 37.7 Å². The molecule has 0 aliphatic rings. The third-order valence-electron chi connectivity index (χ3n) is 3.28. The smallest absolute Gasteiger partial charge is 0.312 e. The summed E-state index contributed by atoms with van der Waals surface area (Å²) in [6, 6.07) is -0.238. The second kappa shape index (κ2) is 7.53. The Balaban J connectivity index is 2.53. The first-order chi connectivity index (χ1) is 10.2. The van der Waals surface area contributed by atoms with Crippen molar-refractivity contribution in [3.8, 4) is 0 Å². The van der Waals surface area contributed by atoms with Crippen LogP contribution in [0.3, 0.4) is 0 Å². The molecule has 0 saturated heterocycles. The lowest BCUT2D eigenvalue weighted by molar-refractivity contribution is -0.386. The topological polar surface area (TPSA) is 127 Å². The SMILES string of the molecule is Cc1nn(CCC(=O)NC(C)CCC(=O)O)c(C)c1[N+](=O)[O-]. The summed E-state index contributed by atoms with van der Waals surface area (Å²) in [5.74, 6) is -1.15. The minimum Gasteiger partial charge on any atom is -0.481 e. The van der Waals surface area contributed by atoms with Gasteiger partial charge in [-0.25, -0.2) is 0 Å². The number of rotatable bonds is 8. The number of carbonyl (C=O) groups is 2. The molecule has 0 saturated carbocycles. The van der Waals surface area contributed by atoms with Crippen molar-refractivity contribution in [3.05, 3.63) is 21.5 Å². The highest BCUT2D eigenvalue weighted by molar-refractivity contribution is 5.76. The molecule has 122 valence electrons. The standard InChI is InChI=1S/C13H20N4O5/c1-8(4-5-12(19)20)14-11(18)6-7-16-10(3)13(17(21)22)9(2)15-16/h8H,4-7H2,1-3H3,(H,14,18)(H,19,20). The average Bonchev–Trinajstić information content (AvgIpc) is 2.68. The summed E-state index contributed by atoms with van der Waals surface area (Å²) in [6.07, 6.45) is 0.466. The van der Waals surface area contributed by atoms with Gasteiger partial charge in [0.1, 0.15) is 11.4 Å². The molecule has 9 heteroatoms. The van der Waals surface area contributed by atoms with Crippen LogP contribution in [-0.2, 0) is 16.1 Å². The highest BCUT2D eigenvalue weighted by atomic mass is 16.6. The van der Waals surface area contributed by atoms with Crippen LogP contribution < -0.4 is 5.32 Å². The van der Waals surface area contributed by atoms with Crippen LogP contribution in [0.2, 0.25) is 0 Å². The first-order valence-electron chi connectivity index (χ1n) is 6.92. The number of amides is 1. The molecule has 1 aromatic rings. The van der Waals surface area contributed by atoms with Gasteiger partial charge in [-0.15, -0.1) is 0 Å². The number of carboxylic acids is 1. The normalized spacial score (nSPS) is 12.0. The summed E-state index contributed by atoms with van der Waals surface area (Å²) in [7, 11) is 0. The summed E-state index contributed by atoms with van der Waals surface area (Å²) in [5.41, 5.74) is 0.696. The predicted octanol–water partition coefficient (Wildman–Crippen LogP) is 1.17. The van der Waals surface area contributed by atoms with Gasteiger partial charge in [-0.2, -0.15) is 5.10 Å². The number of aromatic nitrogens is 2. The Kier molecular flexibility index (Phi) is 6.02. The first kappa shape index (κ1) is 17.6. The van der Waals surface area contributed by atoms with E-state index >= 15 is 0 Å². The number of aryl methyl sites for hydroxylation is 2. The predicted molar refractivity (Wildman–Crippen MR) is 77.4 cm³/mol. The number of aliphatic carboxylic acids is 1. The molecular weight excluding hydrogens is 292 g/mol. The molecule has 1 unspecified atom stereocenters. The Bertz CT molecular complexity index is 581. The number of carboxylic acid groups (broad SMARTS) is 1. The van der Waals surface area contributed by atoms with E-state index in [1.54, 1.807) is 20.8 Å². The minimum absolute atomic E-state index is 0.00883. The molecular formula is C13H20N4O5. The van der Waals surface area contributed by atoms with Gasteiger partial charge in [0.05, 0.1) is 11.5 Å². The van der Waals surface area contributed by atoms with Crippen molar-refractivity contribution in [3.63, 3.8) is 0 Å². The monoisotopic (exact) mass is 312 g/mol. The number of hydrogen-bond acceptors (Lipinski definition) is 5. The van der Waals surface area contributed by atoms with Gasteiger partial charge < -0.3 is 10.4 Å². The lowest BCUT2D eigenvalue weighted by Crippen LogP contribution is -2.33. The third-order valence-corrected chi connectivity index (χ3v) is 3.28. The van der Waals surface area contributed by atoms with Crippen molar-refractivity contribution in [2.45, 2.75) is 52.6 Å². The number of nitro groups is 1. The van der Waals surface area contributed by atoms with Crippen LogP contribution in [0.5, 0.6) is 0 Å². The third kappa shape index (κ3) is 4.83. The molecule has 9 nitrogen and oxygen atoms in total. The first-order valence-corrected chi connectivity index (χ1v) is 6.92.